The number of carbonyl (C=O) groups excluding carboxylic acids is 2. The van der Waals surface area contributed by atoms with Crippen molar-refractivity contribution in [1.29, 1.82) is 0 Å². The number of carbonyl (C=O) groups is 2. The maximum atomic E-state index is 13.4. The van der Waals surface area contributed by atoms with Crippen LogP contribution in [0, 0.1) is 11.6 Å². The number of benzene rings is 1. The van der Waals surface area contributed by atoms with Crippen molar-refractivity contribution >= 4 is 11.9 Å². The van der Waals surface area contributed by atoms with Gasteiger partial charge in [0.15, 0.2) is 11.6 Å². The summed E-state index contributed by atoms with van der Waals surface area (Å²) in [4.78, 5) is 26.5. The number of ether oxygens (including phenoxy) is 1. The van der Waals surface area contributed by atoms with Gasteiger partial charge >= 0.3 is 5.97 Å². The van der Waals surface area contributed by atoms with E-state index in [4.69, 9.17) is 4.74 Å². The van der Waals surface area contributed by atoms with Crippen LogP contribution in [0.2, 0.25) is 0 Å². The Balaban J connectivity index is 1.94. The summed E-state index contributed by atoms with van der Waals surface area (Å²) in [7, 11) is 0. The van der Waals surface area contributed by atoms with Crippen LogP contribution in [-0.2, 0) is 9.53 Å². The minimum absolute atomic E-state index is 0.0542. The van der Waals surface area contributed by atoms with Crippen LogP contribution in [0.25, 0.3) is 0 Å². The van der Waals surface area contributed by atoms with Crippen LogP contribution in [0.1, 0.15) is 42.5 Å². The zero-order valence-electron chi connectivity index (χ0n) is 12.1. The third-order valence-electron chi connectivity index (χ3n) is 4.54. The van der Waals surface area contributed by atoms with Crippen molar-refractivity contribution in [3.63, 3.8) is 0 Å². The molecule has 1 saturated heterocycles. The summed E-state index contributed by atoms with van der Waals surface area (Å²) in [6, 6.07) is 3.06. The maximum absolute atomic E-state index is 13.4. The molecule has 0 aromatic heterocycles. The Morgan fingerprint density at radius 2 is 1.86 bits per heavy atom. The summed E-state index contributed by atoms with van der Waals surface area (Å²) >= 11 is 0. The fraction of sp³-hybridized carbons (Fsp3) is 0.500. The second-order valence-corrected chi connectivity index (χ2v) is 5.81. The highest BCUT2D eigenvalue weighted by Gasteiger charge is 2.50. The highest BCUT2D eigenvalue weighted by molar-refractivity contribution is 5.98. The van der Waals surface area contributed by atoms with Gasteiger partial charge in [-0.3, -0.25) is 4.79 Å². The molecule has 3 rings (SSSR count). The fourth-order valence-corrected chi connectivity index (χ4v) is 3.38. The summed E-state index contributed by atoms with van der Waals surface area (Å²) in [5.41, 5.74) is -0.892. The number of halogens is 2. The van der Waals surface area contributed by atoms with Gasteiger partial charge in [0, 0.05) is 5.56 Å². The van der Waals surface area contributed by atoms with E-state index in [1.165, 1.54) is 11.0 Å². The van der Waals surface area contributed by atoms with Gasteiger partial charge in [0.2, 0.25) is 0 Å². The van der Waals surface area contributed by atoms with Crippen molar-refractivity contribution < 1.29 is 23.1 Å². The summed E-state index contributed by atoms with van der Waals surface area (Å²) in [6.45, 7) is 0.416. The van der Waals surface area contributed by atoms with E-state index < -0.39 is 23.1 Å². The number of cyclic esters (lactones) is 1. The fourth-order valence-electron chi connectivity index (χ4n) is 3.38. The second kappa shape index (κ2) is 5.66. The Hall–Kier alpha value is -1.98. The number of hydrogen-bond donors (Lipinski definition) is 0. The molecule has 118 valence electrons. The summed E-state index contributed by atoms with van der Waals surface area (Å²) in [6.07, 6.45) is 3.82. The maximum Gasteiger partial charge on any atom is 0.332 e. The smallest absolute Gasteiger partial charge is 0.332 e. The van der Waals surface area contributed by atoms with Gasteiger partial charge in [-0.25, -0.2) is 13.6 Å². The van der Waals surface area contributed by atoms with Gasteiger partial charge in [-0.2, -0.15) is 0 Å². The summed E-state index contributed by atoms with van der Waals surface area (Å²) in [5, 5.41) is 0. The van der Waals surface area contributed by atoms with Gasteiger partial charge in [-0.05, 0) is 31.0 Å². The molecule has 1 amide bonds. The predicted octanol–water partition coefficient (Wildman–Crippen LogP) is 2.67. The van der Waals surface area contributed by atoms with E-state index in [1.54, 1.807) is 0 Å². The van der Waals surface area contributed by atoms with Crippen LogP contribution in [0.4, 0.5) is 8.78 Å². The van der Waals surface area contributed by atoms with E-state index in [2.05, 4.69) is 0 Å². The lowest BCUT2D eigenvalue weighted by Crippen LogP contribution is -2.62. The molecule has 0 atom stereocenters. The number of rotatable bonds is 1. The number of nitrogens with zero attached hydrogens (tertiary/aromatic N) is 1. The van der Waals surface area contributed by atoms with Crippen molar-refractivity contribution in [2.24, 2.45) is 0 Å². The standard InChI is InChI=1S/C16H17F2NO3/c17-12-5-4-11(10-13(12)18)14(20)19-8-9-22-15(21)16(19)6-2-1-3-7-16/h4-5,10H,1-3,6-9H2. The van der Waals surface area contributed by atoms with Crippen molar-refractivity contribution in [2.45, 2.75) is 37.6 Å². The average Bonchev–Trinajstić information content (AvgIpc) is 2.53. The summed E-state index contributed by atoms with van der Waals surface area (Å²) in [5.74, 6) is -2.89. The minimum Gasteiger partial charge on any atom is -0.462 e. The van der Waals surface area contributed by atoms with Crippen LogP contribution in [0.3, 0.4) is 0 Å². The molecule has 0 unspecified atom stereocenters. The SMILES string of the molecule is O=C(c1ccc(F)c(F)c1)N1CCOC(=O)C12CCCCC2. The molecule has 4 nitrogen and oxygen atoms in total. The normalized spacial score (nSPS) is 20.8. The first-order valence-corrected chi connectivity index (χ1v) is 7.49. The van der Waals surface area contributed by atoms with Crippen LogP contribution in [-0.4, -0.2) is 35.5 Å². The lowest BCUT2D eigenvalue weighted by Gasteiger charge is -2.47. The molecule has 1 spiro atoms. The molecule has 2 aliphatic rings. The number of morpholine rings is 1. The van der Waals surface area contributed by atoms with Gasteiger partial charge in [-0.15, -0.1) is 0 Å². The van der Waals surface area contributed by atoms with Crippen LogP contribution < -0.4 is 0 Å². The average molecular weight is 309 g/mol. The molecule has 1 saturated carbocycles. The first-order chi connectivity index (χ1) is 10.5. The molecule has 1 heterocycles. The molecule has 0 radical (unpaired) electrons. The molecule has 22 heavy (non-hydrogen) atoms. The van der Waals surface area contributed by atoms with E-state index in [1.807, 2.05) is 0 Å². The monoisotopic (exact) mass is 309 g/mol. The van der Waals surface area contributed by atoms with Gasteiger partial charge in [0.1, 0.15) is 12.1 Å². The lowest BCUT2D eigenvalue weighted by molar-refractivity contribution is -0.168. The zero-order chi connectivity index (χ0) is 15.7. The van der Waals surface area contributed by atoms with E-state index in [9.17, 15) is 18.4 Å². The predicted molar refractivity (Wildman–Crippen MR) is 74.2 cm³/mol. The Labute approximate surface area is 127 Å². The number of amides is 1. The van der Waals surface area contributed by atoms with E-state index in [0.29, 0.717) is 12.8 Å². The molecule has 1 aromatic carbocycles. The molecule has 1 aliphatic carbocycles. The molecule has 6 heteroatoms. The first kappa shape index (κ1) is 14.9. The van der Waals surface area contributed by atoms with Gasteiger partial charge < -0.3 is 9.64 Å². The van der Waals surface area contributed by atoms with E-state index in [-0.39, 0.29) is 24.7 Å². The molecular formula is C16H17F2NO3. The second-order valence-electron chi connectivity index (χ2n) is 5.81. The Kier molecular flexibility index (Phi) is 3.85. The van der Waals surface area contributed by atoms with Crippen molar-refractivity contribution in [2.75, 3.05) is 13.2 Å². The van der Waals surface area contributed by atoms with Crippen molar-refractivity contribution in [3.8, 4) is 0 Å². The van der Waals surface area contributed by atoms with E-state index >= 15 is 0 Å². The summed E-state index contributed by atoms with van der Waals surface area (Å²) < 4.78 is 31.6. The Morgan fingerprint density at radius 1 is 1.14 bits per heavy atom. The molecule has 2 fully saturated rings. The first-order valence-electron chi connectivity index (χ1n) is 7.49. The Bertz CT molecular complexity index is 611. The number of esters is 1. The zero-order valence-corrected chi connectivity index (χ0v) is 12.1. The highest BCUT2D eigenvalue weighted by Crippen LogP contribution is 2.37. The minimum atomic E-state index is -1.07. The molecule has 0 bridgehead atoms. The quantitative estimate of drug-likeness (QED) is 0.749. The molecule has 0 N–H and O–H groups in total. The largest absolute Gasteiger partial charge is 0.462 e. The number of hydrogen-bond acceptors (Lipinski definition) is 3. The van der Waals surface area contributed by atoms with Crippen molar-refractivity contribution in [1.82, 2.24) is 4.90 Å². The van der Waals surface area contributed by atoms with Gasteiger partial charge in [0.05, 0.1) is 6.54 Å². The topological polar surface area (TPSA) is 46.6 Å². The van der Waals surface area contributed by atoms with Gasteiger partial charge in [0.25, 0.3) is 5.91 Å². The molecule has 1 aromatic rings. The lowest BCUT2D eigenvalue weighted by atomic mass is 9.79. The van der Waals surface area contributed by atoms with Crippen molar-refractivity contribution in [3.05, 3.63) is 35.4 Å². The molecule has 1 aliphatic heterocycles. The highest BCUT2D eigenvalue weighted by atomic mass is 19.2. The molecular weight excluding hydrogens is 292 g/mol. The van der Waals surface area contributed by atoms with Crippen LogP contribution in [0.5, 0.6) is 0 Å². The van der Waals surface area contributed by atoms with Crippen LogP contribution >= 0.6 is 0 Å². The van der Waals surface area contributed by atoms with Crippen LogP contribution in [0.15, 0.2) is 18.2 Å². The van der Waals surface area contributed by atoms with E-state index in [0.717, 1.165) is 31.4 Å². The third kappa shape index (κ3) is 2.36. The van der Waals surface area contributed by atoms with Gasteiger partial charge in [-0.1, -0.05) is 19.3 Å². The third-order valence-corrected chi connectivity index (χ3v) is 4.54. The Morgan fingerprint density at radius 3 is 2.55 bits per heavy atom.